The van der Waals surface area contributed by atoms with Crippen LogP contribution in [0.4, 0.5) is 10.1 Å². The van der Waals surface area contributed by atoms with Gasteiger partial charge in [-0.05, 0) is 49.5 Å². The molecule has 0 unspecified atom stereocenters. The minimum absolute atomic E-state index is 0.220. The molecule has 0 amide bonds. The van der Waals surface area contributed by atoms with E-state index in [1.54, 1.807) is 0 Å². The molecule has 8 heteroatoms. The molecular weight excluding hydrogens is 371 g/mol. The second kappa shape index (κ2) is 9.48. The van der Waals surface area contributed by atoms with Crippen molar-refractivity contribution in [2.45, 2.75) is 18.7 Å². The molecule has 0 aliphatic rings. The van der Waals surface area contributed by atoms with Crippen LogP contribution in [0.2, 0.25) is 0 Å². The topological polar surface area (TPSA) is 75.7 Å². The van der Waals surface area contributed by atoms with Gasteiger partial charge in [0.15, 0.2) is 0 Å². The summed E-state index contributed by atoms with van der Waals surface area (Å²) < 4.78 is 45.7. The Morgan fingerprint density at radius 3 is 2.30 bits per heavy atom. The van der Waals surface area contributed by atoms with Crippen molar-refractivity contribution in [1.29, 1.82) is 0 Å². The highest BCUT2D eigenvalue weighted by Crippen LogP contribution is 2.19. The van der Waals surface area contributed by atoms with Crippen LogP contribution in [-0.4, -0.2) is 45.5 Å². The molecular formula is C19H23FN2O4S. The lowest BCUT2D eigenvalue weighted by Gasteiger charge is -2.17. The molecule has 0 saturated carbocycles. The number of sulfonamides is 1. The number of rotatable bonds is 9. The Labute approximate surface area is 159 Å². The van der Waals surface area contributed by atoms with Crippen molar-refractivity contribution in [3.05, 3.63) is 59.9 Å². The van der Waals surface area contributed by atoms with E-state index in [4.69, 9.17) is 4.74 Å². The van der Waals surface area contributed by atoms with E-state index in [0.717, 1.165) is 19.2 Å². The fraction of sp³-hybridized carbons (Fsp3) is 0.316. The van der Waals surface area contributed by atoms with Crippen molar-refractivity contribution in [2.24, 2.45) is 0 Å². The normalized spacial score (nSPS) is 11.4. The van der Waals surface area contributed by atoms with E-state index in [-0.39, 0.29) is 12.3 Å². The van der Waals surface area contributed by atoms with Crippen molar-refractivity contribution in [2.75, 3.05) is 31.0 Å². The zero-order valence-electron chi connectivity index (χ0n) is 15.3. The number of halogens is 1. The maximum absolute atomic E-state index is 13.7. The van der Waals surface area contributed by atoms with Gasteiger partial charge in [0, 0.05) is 12.2 Å². The molecule has 0 spiro atoms. The summed E-state index contributed by atoms with van der Waals surface area (Å²) in [5.41, 5.74) is 0.529. The number of likely N-dealkylation sites (N-methyl/N-ethyl adjacent to an activating group) is 1. The average molecular weight is 394 g/mol. The molecule has 0 aromatic heterocycles. The number of nitrogens with one attached hydrogen (secondary N) is 1. The summed E-state index contributed by atoms with van der Waals surface area (Å²) in [6, 6.07) is 10.9. The number of esters is 1. The summed E-state index contributed by atoms with van der Waals surface area (Å²) in [6.45, 7) is 6.76. The lowest BCUT2D eigenvalue weighted by Crippen LogP contribution is -2.27. The molecule has 0 atom stereocenters. The highest BCUT2D eigenvalue weighted by atomic mass is 32.2. The van der Waals surface area contributed by atoms with Crippen LogP contribution in [0.5, 0.6) is 0 Å². The average Bonchev–Trinajstić information content (AvgIpc) is 2.65. The molecule has 0 radical (unpaired) electrons. The van der Waals surface area contributed by atoms with E-state index >= 15 is 0 Å². The molecule has 0 saturated heterocycles. The van der Waals surface area contributed by atoms with Gasteiger partial charge in [0.2, 0.25) is 0 Å². The largest absolute Gasteiger partial charge is 0.461 e. The summed E-state index contributed by atoms with van der Waals surface area (Å²) in [4.78, 5) is 13.7. The summed E-state index contributed by atoms with van der Waals surface area (Å²) in [5, 5.41) is 0. The van der Waals surface area contributed by atoms with Gasteiger partial charge in [-0.2, -0.15) is 0 Å². The van der Waals surface area contributed by atoms with Gasteiger partial charge in [0.25, 0.3) is 10.0 Å². The molecule has 2 aromatic carbocycles. The van der Waals surface area contributed by atoms with Gasteiger partial charge in [0.1, 0.15) is 17.3 Å². The van der Waals surface area contributed by atoms with Gasteiger partial charge < -0.3 is 9.64 Å². The maximum Gasteiger partial charge on any atom is 0.338 e. The van der Waals surface area contributed by atoms with Gasteiger partial charge >= 0.3 is 5.97 Å². The Balaban J connectivity index is 1.99. The number of hydrogen-bond donors (Lipinski definition) is 1. The summed E-state index contributed by atoms with van der Waals surface area (Å²) in [6.07, 6.45) is 0. The lowest BCUT2D eigenvalue weighted by atomic mass is 10.2. The quantitative estimate of drug-likeness (QED) is 0.662. The first-order valence-corrected chi connectivity index (χ1v) is 10.1. The van der Waals surface area contributed by atoms with Gasteiger partial charge in [-0.1, -0.05) is 26.0 Å². The maximum atomic E-state index is 13.7. The molecule has 27 heavy (non-hydrogen) atoms. The van der Waals surface area contributed by atoms with Crippen LogP contribution < -0.4 is 4.72 Å². The highest BCUT2D eigenvalue weighted by molar-refractivity contribution is 7.92. The van der Waals surface area contributed by atoms with Crippen LogP contribution >= 0.6 is 0 Å². The van der Waals surface area contributed by atoms with Crippen molar-refractivity contribution in [3.8, 4) is 0 Å². The predicted molar refractivity (Wildman–Crippen MR) is 102 cm³/mol. The number of ether oxygens (including phenoxy) is 1. The van der Waals surface area contributed by atoms with Crippen LogP contribution in [0.25, 0.3) is 0 Å². The zero-order chi connectivity index (χ0) is 19.9. The number of hydrogen-bond acceptors (Lipinski definition) is 5. The molecule has 0 aliphatic carbocycles. The van der Waals surface area contributed by atoms with E-state index in [2.05, 4.69) is 9.62 Å². The van der Waals surface area contributed by atoms with Crippen LogP contribution in [0.3, 0.4) is 0 Å². The Kier molecular flexibility index (Phi) is 7.32. The smallest absolute Gasteiger partial charge is 0.338 e. The van der Waals surface area contributed by atoms with Crippen LogP contribution in [0.15, 0.2) is 53.4 Å². The Hall–Kier alpha value is -2.45. The van der Waals surface area contributed by atoms with Crippen molar-refractivity contribution in [3.63, 3.8) is 0 Å². The van der Waals surface area contributed by atoms with Crippen LogP contribution in [0, 0.1) is 5.82 Å². The molecule has 6 nitrogen and oxygen atoms in total. The number of carbonyl (C=O) groups is 1. The SMILES string of the molecule is CCN(CC)CCOC(=O)c1ccc(NS(=O)(=O)c2ccccc2F)cc1. The molecule has 0 heterocycles. The van der Waals surface area contributed by atoms with E-state index < -0.39 is 26.7 Å². The molecule has 0 bridgehead atoms. The van der Waals surface area contributed by atoms with Crippen molar-refractivity contribution >= 4 is 21.7 Å². The third-order valence-electron chi connectivity index (χ3n) is 4.03. The van der Waals surface area contributed by atoms with Gasteiger partial charge in [0.05, 0.1) is 5.56 Å². The summed E-state index contributed by atoms with van der Waals surface area (Å²) >= 11 is 0. The van der Waals surface area contributed by atoms with Crippen LogP contribution in [0.1, 0.15) is 24.2 Å². The highest BCUT2D eigenvalue weighted by Gasteiger charge is 2.18. The minimum Gasteiger partial charge on any atom is -0.461 e. The summed E-state index contributed by atoms with van der Waals surface area (Å²) in [5.74, 6) is -1.32. The van der Waals surface area contributed by atoms with E-state index in [9.17, 15) is 17.6 Å². The standard InChI is InChI=1S/C19H23FN2O4S/c1-3-22(4-2)13-14-26-19(23)15-9-11-16(12-10-15)21-27(24,25)18-8-6-5-7-17(18)20/h5-12,21H,3-4,13-14H2,1-2H3. The van der Waals surface area contributed by atoms with E-state index in [0.29, 0.717) is 12.1 Å². The first-order valence-electron chi connectivity index (χ1n) is 8.64. The van der Waals surface area contributed by atoms with E-state index in [1.807, 2.05) is 13.8 Å². The molecule has 2 aromatic rings. The fourth-order valence-electron chi connectivity index (χ4n) is 2.44. The third-order valence-corrected chi connectivity index (χ3v) is 5.45. The lowest BCUT2D eigenvalue weighted by molar-refractivity contribution is 0.0466. The fourth-order valence-corrected chi connectivity index (χ4v) is 3.58. The molecule has 0 aliphatic heterocycles. The second-order valence-electron chi connectivity index (χ2n) is 5.78. The molecule has 0 fully saturated rings. The monoisotopic (exact) mass is 394 g/mol. The van der Waals surface area contributed by atoms with Gasteiger partial charge in [-0.15, -0.1) is 0 Å². The zero-order valence-corrected chi connectivity index (χ0v) is 16.1. The molecule has 146 valence electrons. The first-order chi connectivity index (χ1) is 12.9. The first kappa shape index (κ1) is 20.9. The number of benzene rings is 2. The minimum atomic E-state index is -4.05. The molecule has 2 rings (SSSR count). The van der Waals surface area contributed by atoms with Gasteiger partial charge in [-0.25, -0.2) is 17.6 Å². The number of nitrogens with zero attached hydrogens (tertiary/aromatic N) is 1. The molecule has 1 N–H and O–H groups in total. The number of carbonyl (C=O) groups excluding carboxylic acids is 1. The Morgan fingerprint density at radius 2 is 1.70 bits per heavy atom. The third kappa shape index (κ3) is 5.77. The second-order valence-corrected chi connectivity index (χ2v) is 7.43. The Bertz CT molecular complexity index is 866. The van der Waals surface area contributed by atoms with Crippen molar-refractivity contribution < 1.29 is 22.3 Å². The number of anilines is 1. The van der Waals surface area contributed by atoms with E-state index in [1.165, 1.54) is 42.5 Å². The van der Waals surface area contributed by atoms with Crippen LogP contribution in [-0.2, 0) is 14.8 Å². The van der Waals surface area contributed by atoms with Gasteiger partial charge in [-0.3, -0.25) is 4.72 Å². The summed E-state index contributed by atoms with van der Waals surface area (Å²) in [7, 11) is -4.05. The predicted octanol–water partition coefficient (Wildman–Crippen LogP) is 3.13. The van der Waals surface area contributed by atoms with Crippen molar-refractivity contribution in [1.82, 2.24) is 4.90 Å². The Morgan fingerprint density at radius 1 is 1.07 bits per heavy atom.